The molecule has 3 rings (SSSR count). The summed E-state index contributed by atoms with van der Waals surface area (Å²) >= 11 is 1.57. The summed E-state index contributed by atoms with van der Waals surface area (Å²) in [5, 5.41) is 13.5. The van der Waals surface area contributed by atoms with Crippen LogP contribution >= 0.6 is 11.3 Å². The third-order valence-corrected chi connectivity index (χ3v) is 4.25. The number of pyridine rings is 1. The van der Waals surface area contributed by atoms with Crippen molar-refractivity contribution in [2.75, 3.05) is 11.9 Å². The highest BCUT2D eigenvalue weighted by molar-refractivity contribution is 7.18. The largest absolute Gasteiger partial charge is 0.360 e. The fourth-order valence-corrected chi connectivity index (χ4v) is 3.04. The summed E-state index contributed by atoms with van der Waals surface area (Å²) in [4.78, 5) is 4.71. The van der Waals surface area contributed by atoms with Crippen LogP contribution in [0, 0.1) is 6.92 Å². The fraction of sp³-hybridized carbons (Fsp3) is 0.235. The molecule has 0 spiro atoms. The lowest BCUT2D eigenvalue weighted by Crippen LogP contribution is -1.98. The first-order chi connectivity index (χ1) is 10.8. The van der Waals surface area contributed by atoms with Crippen molar-refractivity contribution in [3.05, 3.63) is 48.2 Å². The molecule has 0 atom stereocenters. The first-order valence-electron chi connectivity index (χ1n) is 7.38. The zero-order valence-electron chi connectivity index (χ0n) is 12.7. The van der Waals surface area contributed by atoms with E-state index in [1.54, 1.807) is 11.3 Å². The van der Waals surface area contributed by atoms with Gasteiger partial charge in [-0.05, 0) is 25.5 Å². The smallest absolute Gasteiger partial charge is 0.206 e. The summed E-state index contributed by atoms with van der Waals surface area (Å²) in [6, 6.07) is 14.3. The third kappa shape index (κ3) is 3.14. The second kappa shape index (κ2) is 6.66. The molecule has 0 fully saturated rings. The third-order valence-electron chi connectivity index (χ3n) is 3.34. The molecular weight excluding hydrogens is 292 g/mol. The Bertz CT molecular complexity index is 752. The van der Waals surface area contributed by atoms with Gasteiger partial charge in [-0.1, -0.05) is 48.6 Å². The van der Waals surface area contributed by atoms with E-state index in [1.807, 2.05) is 31.2 Å². The van der Waals surface area contributed by atoms with E-state index in [9.17, 15) is 0 Å². The van der Waals surface area contributed by atoms with Gasteiger partial charge in [0.1, 0.15) is 0 Å². The first kappa shape index (κ1) is 14.7. The lowest BCUT2D eigenvalue weighted by Gasteiger charge is -2.05. The standard InChI is InChI=1S/C17H18N4S/c1-3-11-18-17-21-20-16(22-17)14-9-10-15(19-12(14)2)13-7-5-4-6-8-13/h4-10H,3,11H2,1-2H3,(H,18,21). The molecule has 112 valence electrons. The Morgan fingerprint density at radius 2 is 1.86 bits per heavy atom. The number of aromatic nitrogens is 3. The zero-order valence-corrected chi connectivity index (χ0v) is 13.5. The summed E-state index contributed by atoms with van der Waals surface area (Å²) in [6.45, 7) is 5.06. The summed E-state index contributed by atoms with van der Waals surface area (Å²) in [6.07, 6.45) is 1.07. The van der Waals surface area contributed by atoms with Crippen molar-refractivity contribution in [1.82, 2.24) is 15.2 Å². The predicted octanol–water partition coefficient (Wildman–Crippen LogP) is 4.40. The summed E-state index contributed by atoms with van der Waals surface area (Å²) < 4.78 is 0. The van der Waals surface area contributed by atoms with Crippen LogP contribution < -0.4 is 5.32 Å². The average Bonchev–Trinajstić information content (AvgIpc) is 3.02. The Morgan fingerprint density at radius 1 is 1.05 bits per heavy atom. The molecule has 2 heterocycles. The van der Waals surface area contributed by atoms with Crippen LogP contribution in [0.1, 0.15) is 19.0 Å². The van der Waals surface area contributed by atoms with Crippen LogP contribution in [-0.2, 0) is 0 Å². The monoisotopic (exact) mass is 310 g/mol. The quantitative estimate of drug-likeness (QED) is 0.759. The van der Waals surface area contributed by atoms with Gasteiger partial charge in [0.25, 0.3) is 0 Å². The van der Waals surface area contributed by atoms with Crippen molar-refractivity contribution in [1.29, 1.82) is 0 Å². The molecule has 0 saturated carbocycles. The Hall–Kier alpha value is -2.27. The molecule has 0 bridgehead atoms. The minimum Gasteiger partial charge on any atom is -0.360 e. The molecular formula is C17H18N4S. The van der Waals surface area contributed by atoms with E-state index in [0.29, 0.717) is 0 Å². The zero-order chi connectivity index (χ0) is 15.4. The summed E-state index contributed by atoms with van der Waals surface area (Å²) in [5.74, 6) is 0. The molecule has 0 saturated heterocycles. The number of aryl methyl sites for hydroxylation is 1. The predicted molar refractivity (Wildman–Crippen MR) is 92.1 cm³/mol. The van der Waals surface area contributed by atoms with E-state index in [1.165, 1.54) is 0 Å². The van der Waals surface area contributed by atoms with Crippen LogP contribution in [0.4, 0.5) is 5.13 Å². The van der Waals surface area contributed by atoms with E-state index in [-0.39, 0.29) is 0 Å². The summed E-state index contributed by atoms with van der Waals surface area (Å²) in [5.41, 5.74) is 4.12. The number of nitrogens with zero attached hydrogens (tertiary/aromatic N) is 3. The van der Waals surface area contributed by atoms with Gasteiger partial charge >= 0.3 is 0 Å². The van der Waals surface area contributed by atoms with Gasteiger partial charge in [-0.25, -0.2) is 0 Å². The molecule has 0 aliphatic heterocycles. The van der Waals surface area contributed by atoms with Gasteiger partial charge in [0, 0.05) is 23.4 Å². The molecule has 3 aromatic rings. The van der Waals surface area contributed by atoms with Gasteiger partial charge in [-0.15, -0.1) is 10.2 Å². The second-order valence-corrected chi connectivity index (χ2v) is 6.01. The number of rotatable bonds is 5. The highest BCUT2D eigenvalue weighted by Gasteiger charge is 2.11. The van der Waals surface area contributed by atoms with Crippen LogP contribution in [0.25, 0.3) is 21.8 Å². The Labute approximate surface area is 134 Å². The molecule has 1 aromatic carbocycles. The summed E-state index contributed by atoms with van der Waals surface area (Å²) in [7, 11) is 0. The normalized spacial score (nSPS) is 10.6. The molecule has 5 heteroatoms. The van der Waals surface area contributed by atoms with Gasteiger partial charge in [0.2, 0.25) is 5.13 Å². The Morgan fingerprint density at radius 3 is 2.59 bits per heavy atom. The maximum atomic E-state index is 4.71. The molecule has 0 aliphatic rings. The molecule has 4 nitrogen and oxygen atoms in total. The van der Waals surface area contributed by atoms with Gasteiger partial charge < -0.3 is 5.32 Å². The van der Waals surface area contributed by atoms with Crippen molar-refractivity contribution in [2.45, 2.75) is 20.3 Å². The molecule has 0 radical (unpaired) electrons. The lowest BCUT2D eigenvalue weighted by molar-refractivity contribution is 0.963. The molecule has 0 aliphatic carbocycles. The van der Waals surface area contributed by atoms with E-state index in [4.69, 9.17) is 4.98 Å². The number of anilines is 1. The van der Waals surface area contributed by atoms with Gasteiger partial charge in [0.05, 0.1) is 5.69 Å². The van der Waals surface area contributed by atoms with Gasteiger partial charge in [0.15, 0.2) is 5.01 Å². The highest BCUT2D eigenvalue weighted by atomic mass is 32.1. The SMILES string of the molecule is CCCNc1nnc(-c2ccc(-c3ccccc3)nc2C)s1. The van der Waals surface area contributed by atoms with E-state index >= 15 is 0 Å². The van der Waals surface area contributed by atoms with Crippen LogP contribution in [0.2, 0.25) is 0 Å². The second-order valence-electron chi connectivity index (χ2n) is 5.03. The maximum Gasteiger partial charge on any atom is 0.206 e. The molecule has 22 heavy (non-hydrogen) atoms. The fourth-order valence-electron chi connectivity index (χ4n) is 2.19. The molecule has 0 amide bonds. The lowest BCUT2D eigenvalue weighted by atomic mass is 10.1. The number of benzene rings is 1. The van der Waals surface area contributed by atoms with Crippen LogP contribution in [0.15, 0.2) is 42.5 Å². The topological polar surface area (TPSA) is 50.7 Å². The molecule has 2 aromatic heterocycles. The van der Waals surface area contributed by atoms with Gasteiger partial charge in [-0.3, -0.25) is 4.98 Å². The Balaban J connectivity index is 1.88. The highest BCUT2D eigenvalue weighted by Crippen LogP contribution is 2.29. The minimum atomic E-state index is 0.864. The van der Waals surface area contributed by atoms with Crippen molar-refractivity contribution in [3.63, 3.8) is 0 Å². The number of hydrogen-bond acceptors (Lipinski definition) is 5. The van der Waals surface area contributed by atoms with E-state index < -0.39 is 0 Å². The van der Waals surface area contributed by atoms with E-state index in [2.05, 4.69) is 40.6 Å². The maximum absolute atomic E-state index is 4.71. The number of hydrogen-bond donors (Lipinski definition) is 1. The van der Waals surface area contributed by atoms with Crippen LogP contribution in [0.3, 0.4) is 0 Å². The average molecular weight is 310 g/mol. The number of nitrogens with one attached hydrogen (secondary N) is 1. The molecule has 0 unspecified atom stereocenters. The van der Waals surface area contributed by atoms with Crippen LogP contribution in [-0.4, -0.2) is 21.7 Å². The molecule has 1 N–H and O–H groups in total. The first-order valence-corrected chi connectivity index (χ1v) is 8.20. The van der Waals surface area contributed by atoms with Crippen molar-refractivity contribution in [3.8, 4) is 21.8 Å². The minimum absolute atomic E-state index is 0.864. The van der Waals surface area contributed by atoms with Crippen molar-refractivity contribution >= 4 is 16.5 Å². The van der Waals surface area contributed by atoms with E-state index in [0.717, 1.165) is 45.6 Å². The van der Waals surface area contributed by atoms with Crippen LogP contribution in [0.5, 0.6) is 0 Å². The van der Waals surface area contributed by atoms with Crippen molar-refractivity contribution in [2.24, 2.45) is 0 Å². The Kier molecular flexibility index (Phi) is 4.44. The van der Waals surface area contributed by atoms with Crippen molar-refractivity contribution < 1.29 is 0 Å². The van der Waals surface area contributed by atoms with Gasteiger partial charge in [-0.2, -0.15) is 0 Å².